The molecule has 1 aromatic heterocycles. The number of rotatable bonds is 6. The lowest BCUT2D eigenvalue weighted by Gasteiger charge is -2.34. The molecule has 0 spiro atoms. The molecule has 2 unspecified atom stereocenters. The first-order valence-corrected chi connectivity index (χ1v) is 14.4. The van der Waals surface area contributed by atoms with Crippen molar-refractivity contribution in [3.63, 3.8) is 0 Å². The Morgan fingerprint density at radius 1 is 0.975 bits per heavy atom. The SMILES string of the molecule is CC(=O)N1CCC2CCC(CN(C(=O)c3ccc(OCC(C)C)cc3)Cc3ccccc31)N2Cc1cccnc1. The number of aromatic nitrogens is 1. The van der Waals surface area contributed by atoms with Crippen LogP contribution in [0.2, 0.25) is 0 Å². The maximum Gasteiger partial charge on any atom is 0.254 e. The lowest BCUT2D eigenvalue weighted by Crippen LogP contribution is -2.45. The number of benzene rings is 2. The molecular formula is C33H40N4O3. The molecule has 0 aliphatic carbocycles. The Morgan fingerprint density at radius 2 is 1.75 bits per heavy atom. The zero-order chi connectivity index (χ0) is 28.1. The normalized spacial score (nSPS) is 19.7. The summed E-state index contributed by atoms with van der Waals surface area (Å²) in [7, 11) is 0. The van der Waals surface area contributed by atoms with Gasteiger partial charge in [-0.15, -0.1) is 0 Å². The summed E-state index contributed by atoms with van der Waals surface area (Å²) in [5.41, 5.74) is 3.68. The first-order chi connectivity index (χ1) is 19.4. The van der Waals surface area contributed by atoms with Crippen molar-refractivity contribution in [3.8, 4) is 5.75 Å². The minimum Gasteiger partial charge on any atom is -0.493 e. The van der Waals surface area contributed by atoms with E-state index >= 15 is 0 Å². The fraction of sp³-hybridized carbons (Fsp3) is 0.424. The Kier molecular flexibility index (Phi) is 8.80. The Balaban J connectivity index is 1.48. The highest BCUT2D eigenvalue weighted by Gasteiger charge is 2.37. The second kappa shape index (κ2) is 12.6. The van der Waals surface area contributed by atoms with Gasteiger partial charge in [-0.1, -0.05) is 38.1 Å². The average molecular weight is 541 g/mol. The summed E-state index contributed by atoms with van der Waals surface area (Å²) in [6.45, 7) is 8.98. The number of hydrogen-bond donors (Lipinski definition) is 0. The zero-order valence-corrected chi connectivity index (χ0v) is 23.8. The molecule has 0 saturated carbocycles. The highest BCUT2D eigenvalue weighted by atomic mass is 16.5. The maximum atomic E-state index is 14.1. The monoisotopic (exact) mass is 540 g/mol. The number of pyridine rings is 1. The number of carbonyl (C=O) groups excluding carboxylic acids is 2. The second-order valence-corrected chi connectivity index (χ2v) is 11.4. The largest absolute Gasteiger partial charge is 0.493 e. The standard InChI is InChI=1S/C33H40N4O3/c1-24(2)23-40-31-14-10-27(11-15-31)33(39)35-21-28-8-4-5-9-32(28)36(25(3)38)18-16-29-12-13-30(22-35)37(29)20-26-7-6-17-34-19-26/h4-11,14-15,17,19,24,29-30H,12-13,16,18,20-23H2,1-3H3. The van der Waals surface area contributed by atoms with Gasteiger partial charge in [-0.25, -0.2) is 0 Å². The molecule has 210 valence electrons. The molecule has 2 atom stereocenters. The van der Waals surface area contributed by atoms with Gasteiger partial charge in [0.1, 0.15) is 5.75 Å². The maximum absolute atomic E-state index is 14.1. The van der Waals surface area contributed by atoms with Crippen molar-refractivity contribution in [2.75, 3.05) is 24.6 Å². The fourth-order valence-electron chi connectivity index (χ4n) is 5.93. The van der Waals surface area contributed by atoms with Crippen LogP contribution in [-0.4, -0.2) is 58.4 Å². The molecule has 2 aliphatic rings. The van der Waals surface area contributed by atoms with Gasteiger partial charge in [-0.3, -0.25) is 19.5 Å². The molecule has 2 aromatic carbocycles. The molecule has 2 bridgehead atoms. The third-order valence-electron chi connectivity index (χ3n) is 7.97. The Bertz CT molecular complexity index is 1290. The van der Waals surface area contributed by atoms with Crippen LogP contribution in [0.5, 0.6) is 5.75 Å². The highest BCUT2D eigenvalue weighted by molar-refractivity contribution is 5.95. The second-order valence-electron chi connectivity index (χ2n) is 11.4. The quantitative estimate of drug-likeness (QED) is 0.410. The van der Waals surface area contributed by atoms with E-state index in [2.05, 4.69) is 29.8 Å². The Labute approximate surface area is 237 Å². The predicted molar refractivity (Wildman–Crippen MR) is 157 cm³/mol. The van der Waals surface area contributed by atoms with E-state index in [4.69, 9.17) is 4.74 Å². The van der Waals surface area contributed by atoms with Gasteiger partial charge < -0.3 is 14.5 Å². The van der Waals surface area contributed by atoms with E-state index < -0.39 is 0 Å². The number of anilines is 1. The Morgan fingerprint density at radius 3 is 2.48 bits per heavy atom. The van der Waals surface area contributed by atoms with Crippen molar-refractivity contribution in [3.05, 3.63) is 89.7 Å². The van der Waals surface area contributed by atoms with E-state index in [-0.39, 0.29) is 17.9 Å². The average Bonchev–Trinajstić information content (AvgIpc) is 3.31. The molecule has 7 heteroatoms. The molecular weight excluding hydrogens is 500 g/mol. The van der Waals surface area contributed by atoms with Crippen LogP contribution in [0, 0.1) is 5.92 Å². The summed E-state index contributed by atoms with van der Waals surface area (Å²) in [6.07, 6.45) is 6.66. The number of hydrogen-bond acceptors (Lipinski definition) is 5. The van der Waals surface area contributed by atoms with Gasteiger partial charge in [0, 0.05) is 68.8 Å². The Hall–Kier alpha value is -3.71. The van der Waals surface area contributed by atoms with Crippen LogP contribution in [-0.2, 0) is 17.9 Å². The number of ether oxygens (including phenoxy) is 1. The molecule has 7 nitrogen and oxygen atoms in total. The molecule has 1 fully saturated rings. The van der Waals surface area contributed by atoms with Crippen molar-refractivity contribution in [2.24, 2.45) is 5.92 Å². The highest BCUT2D eigenvalue weighted by Crippen LogP contribution is 2.33. The molecule has 40 heavy (non-hydrogen) atoms. The van der Waals surface area contributed by atoms with Crippen LogP contribution in [0.3, 0.4) is 0 Å². The van der Waals surface area contributed by atoms with Gasteiger partial charge in [0.2, 0.25) is 5.91 Å². The number of fused-ring (bicyclic) bond motifs is 3. The molecule has 0 N–H and O–H groups in total. The summed E-state index contributed by atoms with van der Waals surface area (Å²) < 4.78 is 5.85. The third-order valence-corrected chi connectivity index (χ3v) is 7.97. The van der Waals surface area contributed by atoms with Crippen LogP contribution in [0.25, 0.3) is 0 Å². The van der Waals surface area contributed by atoms with Gasteiger partial charge in [0.15, 0.2) is 0 Å². The van der Waals surface area contributed by atoms with Gasteiger partial charge in [0.25, 0.3) is 5.91 Å². The van der Waals surface area contributed by atoms with Crippen LogP contribution in [0.1, 0.15) is 61.5 Å². The van der Waals surface area contributed by atoms with E-state index in [0.29, 0.717) is 43.8 Å². The molecule has 3 heterocycles. The number of amides is 2. The zero-order valence-electron chi connectivity index (χ0n) is 23.8. The molecule has 3 aromatic rings. The van der Waals surface area contributed by atoms with Crippen LogP contribution in [0.4, 0.5) is 5.69 Å². The summed E-state index contributed by atoms with van der Waals surface area (Å²) in [5, 5.41) is 0. The van der Waals surface area contributed by atoms with E-state index in [1.165, 1.54) is 0 Å². The van der Waals surface area contributed by atoms with Crippen LogP contribution < -0.4 is 9.64 Å². The lowest BCUT2D eigenvalue weighted by atomic mass is 10.1. The number of para-hydroxylation sites is 1. The third kappa shape index (κ3) is 6.53. The van der Waals surface area contributed by atoms with E-state index in [1.807, 2.05) is 70.6 Å². The molecule has 2 aliphatic heterocycles. The smallest absolute Gasteiger partial charge is 0.254 e. The first-order valence-electron chi connectivity index (χ1n) is 14.4. The molecule has 0 radical (unpaired) electrons. The van der Waals surface area contributed by atoms with Crippen molar-refractivity contribution in [1.29, 1.82) is 0 Å². The van der Waals surface area contributed by atoms with Gasteiger partial charge in [0.05, 0.1) is 6.61 Å². The van der Waals surface area contributed by atoms with Crippen molar-refractivity contribution in [2.45, 2.75) is 65.2 Å². The van der Waals surface area contributed by atoms with Crippen molar-refractivity contribution < 1.29 is 14.3 Å². The van der Waals surface area contributed by atoms with Crippen LogP contribution in [0.15, 0.2) is 73.1 Å². The topological polar surface area (TPSA) is 66.0 Å². The van der Waals surface area contributed by atoms with Crippen molar-refractivity contribution in [1.82, 2.24) is 14.8 Å². The van der Waals surface area contributed by atoms with Crippen molar-refractivity contribution >= 4 is 17.5 Å². The summed E-state index contributed by atoms with van der Waals surface area (Å²) >= 11 is 0. The van der Waals surface area contributed by atoms with E-state index in [0.717, 1.165) is 48.4 Å². The first kappa shape index (κ1) is 27.8. The lowest BCUT2D eigenvalue weighted by molar-refractivity contribution is -0.116. The number of carbonyl (C=O) groups is 2. The summed E-state index contributed by atoms with van der Waals surface area (Å²) in [6, 6.07) is 20.1. The fourth-order valence-corrected chi connectivity index (χ4v) is 5.93. The molecule has 5 rings (SSSR count). The van der Waals surface area contributed by atoms with Crippen LogP contribution >= 0.6 is 0 Å². The van der Waals surface area contributed by atoms with E-state index in [1.54, 1.807) is 13.1 Å². The molecule has 2 amide bonds. The summed E-state index contributed by atoms with van der Waals surface area (Å²) in [5.74, 6) is 1.21. The minimum absolute atomic E-state index is 0.0105. The number of nitrogens with zero attached hydrogens (tertiary/aromatic N) is 4. The predicted octanol–water partition coefficient (Wildman–Crippen LogP) is 5.55. The van der Waals surface area contributed by atoms with Gasteiger partial charge >= 0.3 is 0 Å². The van der Waals surface area contributed by atoms with Gasteiger partial charge in [-0.2, -0.15) is 0 Å². The molecule has 1 saturated heterocycles. The van der Waals surface area contributed by atoms with E-state index in [9.17, 15) is 9.59 Å². The van der Waals surface area contributed by atoms with Gasteiger partial charge in [-0.05, 0) is 72.7 Å². The minimum atomic E-state index is -0.0105. The summed E-state index contributed by atoms with van der Waals surface area (Å²) in [4.78, 5) is 37.7.